The van der Waals surface area contributed by atoms with Gasteiger partial charge in [0.05, 0.1) is 23.8 Å². The molecule has 4 heteroatoms. The molecule has 1 rings (SSSR count). The van der Waals surface area contributed by atoms with E-state index in [-0.39, 0.29) is 0 Å². The molecule has 80 valence electrons. The van der Waals surface area contributed by atoms with Crippen LogP contribution in [0, 0.1) is 11.3 Å². The van der Waals surface area contributed by atoms with Crippen molar-refractivity contribution < 1.29 is 9.47 Å². The molecule has 0 aliphatic heterocycles. The average Bonchev–Trinajstić information content (AvgIpc) is 2.22. The molecule has 15 heavy (non-hydrogen) atoms. The van der Waals surface area contributed by atoms with Crippen LogP contribution in [0.5, 0.6) is 11.5 Å². The van der Waals surface area contributed by atoms with E-state index in [9.17, 15) is 0 Å². The Hall–Kier alpha value is -1.40. The van der Waals surface area contributed by atoms with E-state index in [1.165, 1.54) is 0 Å². The summed E-state index contributed by atoms with van der Waals surface area (Å²) in [7, 11) is 0. The Morgan fingerprint density at radius 3 is 2.33 bits per heavy atom. The zero-order chi connectivity index (χ0) is 11.3. The minimum Gasteiger partial charge on any atom is -0.492 e. The molecule has 0 unspecified atom stereocenters. The van der Waals surface area contributed by atoms with Crippen molar-refractivity contribution in [1.29, 1.82) is 5.26 Å². The Morgan fingerprint density at radius 2 is 1.80 bits per heavy atom. The number of halogens is 1. The number of nitriles is 1. The van der Waals surface area contributed by atoms with Gasteiger partial charge in [-0.3, -0.25) is 0 Å². The van der Waals surface area contributed by atoms with Crippen molar-refractivity contribution in [3.8, 4) is 17.6 Å². The Morgan fingerprint density at radius 1 is 1.20 bits per heavy atom. The molecule has 3 nitrogen and oxygen atoms in total. The van der Waals surface area contributed by atoms with E-state index in [0.717, 1.165) is 0 Å². The van der Waals surface area contributed by atoms with E-state index in [1.807, 2.05) is 19.9 Å². The minimum atomic E-state index is 0.435. The van der Waals surface area contributed by atoms with Gasteiger partial charge in [0, 0.05) is 12.1 Å². The summed E-state index contributed by atoms with van der Waals surface area (Å²) in [5.74, 6) is 1.01. The van der Waals surface area contributed by atoms with Gasteiger partial charge in [-0.1, -0.05) is 11.6 Å². The predicted octanol–water partition coefficient (Wildman–Crippen LogP) is 3.01. The van der Waals surface area contributed by atoms with Gasteiger partial charge >= 0.3 is 0 Å². The second-order valence-corrected chi connectivity index (χ2v) is 3.16. The van der Waals surface area contributed by atoms with Gasteiger partial charge in [-0.05, 0) is 13.8 Å². The normalized spacial score (nSPS) is 9.47. The van der Waals surface area contributed by atoms with Crippen molar-refractivity contribution in [1.82, 2.24) is 0 Å². The zero-order valence-corrected chi connectivity index (χ0v) is 9.47. The van der Waals surface area contributed by atoms with Gasteiger partial charge in [-0.2, -0.15) is 5.26 Å². The predicted molar refractivity (Wildman–Crippen MR) is 58.5 cm³/mol. The topological polar surface area (TPSA) is 42.2 Å². The molecule has 0 aliphatic carbocycles. The molecule has 0 aliphatic rings. The van der Waals surface area contributed by atoms with Crippen LogP contribution in [-0.2, 0) is 0 Å². The lowest BCUT2D eigenvalue weighted by Crippen LogP contribution is -1.97. The third-order valence-corrected chi connectivity index (χ3v) is 2.05. The van der Waals surface area contributed by atoms with Gasteiger partial charge < -0.3 is 9.47 Å². The maximum atomic E-state index is 8.90. The fourth-order valence-corrected chi connectivity index (χ4v) is 1.37. The molecule has 0 bridgehead atoms. The SMILES string of the molecule is CCOc1cc(C#N)c(OCC)cc1Cl. The quantitative estimate of drug-likeness (QED) is 0.791. The number of benzene rings is 1. The first-order chi connectivity index (χ1) is 7.22. The molecule has 0 N–H and O–H groups in total. The van der Waals surface area contributed by atoms with Crippen LogP contribution in [0.1, 0.15) is 19.4 Å². The summed E-state index contributed by atoms with van der Waals surface area (Å²) in [5, 5.41) is 9.36. The van der Waals surface area contributed by atoms with Crippen molar-refractivity contribution in [3.05, 3.63) is 22.7 Å². The molecule has 0 saturated carbocycles. The summed E-state index contributed by atoms with van der Waals surface area (Å²) in [6.45, 7) is 4.72. The van der Waals surface area contributed by atoms with Crippen LogP contribution in [0.2, 0.25) is 5.02 Å². The highest BCUT2D eigenvalue weighted by Crippen LogP contribution is 2.32. The number of hydrogen-bond donors (Lipinski definition) is 0. The molecule has 1 aromatic rings. The Kier molecular flexibility index (Phi) is 4.26. The van der Waals surface area contributed by atoms with E-state index >= 15 is 0 Å². The first kappa shape index (κ1) is 11.7. The highest BCUT2D eigenvalue weighted by molar-refractivity contribution is 6.32. The Balaban J connectivity index is 3.12. The van der Waals surface area contributed by atoms with E-state index < -0.39 is 0 Å². The molecule has 0 radical (unpaired) electrons. The highest BCUT2D eigenvalue weighted by atomic mass is 35.5. The monoisotopic (exact) mass is 225 g/mol. The van der Waals surface area contributed by atoms with E-state index in [2.05, 4.69) is 0 Å². The molecule has 0 amide bonds. The highest BCUT2D eigenvalue weighted by Gasteiger charge is 2.09. The molecule has 0 saturated heterocycles. The van der Waals surface area contributed by atoms with Crippen molar-refractivity contribution in [2.45, 2.75) is 13.8 Å². The van der Waals surface area contributed by atoms with Gasteiger partial charge in [0.15, 0.2) is 0 Å². The average molecular weight is 226 g/mol. The van der Waals surface area contributed by atoms with E-state index in [4.69, 9.17) is 26.3 Å². The summed E-state index contributed by atoms with van der Waals surface area (Å²) in [6, 6.07) is 5.24. The number of hydrogen-bond acceptors (Lipinski definition) is 3. The minimum absolute atomic E-state index is 0.435. The molecule has 0 spiro atoms. The van der Waals surface area contributed by atoms with Crippen molar-refractivity contribution in [2.24, 2.45) is 0 Å². The van der Waals surface area contributed by atoms with Crippen LogP contribution < -0.4 is 9.47 Å². The van der Waals surface area contributed by atoms with Crippen molar-refractivity contribution in [2.75, 3.05) is 13.2 Å². The lowest BCUT2D eigenvalue weighted by Gasteiger charge is -2.10. The van der Waals surface area contributed by atoms with Gasteiger partial charge in [0.2, 0.25) is 0 Å². The van der Waals surface area contributed by atoms with Crippen molar-refractivity contribution in [3.63, 3.8) is 0 Å². The number of nitrogens with zero attached hydrogens (tertiary/aromatic N) is 1. The zero-order valence-electron chi connectivity index (χ0n) is 8.71. The van der Waals surface area contributed by atoms with Crippen LogP contribution in [-0.4, -0.2) is 13.2 Å². The van der Waals surface area contributed by atoms with Crippen LogP contribution in [0.15, 0.2) is 12.1 Å². The third-order valence-electron chi connectivity index (χ3n) is 1.75. The van der Waals surface area contributed by atoms with Crippen LogP contribution in [0.25, 0.3) is 0 Å². The van der Waals surface area contributed by atoms with Crippen LogP contribution in [0.3, 0.4) is 0 Å². The fraction of sp³-hybridized carbons (Fsp3) is 0.364. The van der Waals surface area contributed by atoms with Gasteiger partial charge in [0.1, 0.15) is 17.6 Å². The summed E-state index contributed by atoms with van der Waals surface area (Å²) >= 11 is 5.96. The summed E-state index contributed by atoms with van der Waals surface area (Å²) in [6.07, 6.45) is 0. The van der Waals surface area contributed by atoms with Crippen molar-refractivity contribution >= 4 is 11.6 Å². The first-order valence-electron chi connectivity index (χ1n) is 4.72. The standard InChI is InChI=1S/C11H12ClNO2/c1-3-14-10-6-9(12)11(15-4-2)5-8(10)7-13/h5-6H,3-4H2,1-2H3. The molecule has 0 aromatic heterocycles. The van der Waals surface area contributed by atoms with Crippen LogP contribution >= 0.6 is 11.6 Å². The Bertz CT molecular complexity index is 385. The first-order valence-corrected chi connectivity index (χ1v) is 5.10. The maximum Gasteiger partial charge on any atom is 0.139 e. The maximum absolute atomic E-state index is 8.90. The lowest BCUT2D eigenvalue weighted by molar-refractivity contribution is 0.330. The molecule has 0 fully saturated rings. The fourth-order valence-electron chi connectivity index (χ4n) is 1.16. The molecular weight excluding hydrogens is 214 g/mol. The summed E-state index contributed by atoms with van der Waals surface area (Å²) in [5.41, 5.74) is 0.435. The molecule has 0 atom stereocenters. The smallest absolute Gasteiger partial charge is 0.139 e. The number of ether oxygens (including phenoxy) is 2. The summed E-state index contributed by atoms with van der Waals surface area (Å²) in [4.78, 5) is 0. The van der Waals surface area contributed by atoms with Gasteiger partial charge in [-0.25, -0.2) is 0 Å². The largest absolute Gasteiger partial charge is 0.492 e. The van der Waals surface area contributed by atoms with Crippen LogP contribution in [0.4, 0.5) is 0 Å². The van der Waals surface area contributed by atoms with E-state index in [1.54, 1.807) is 12.1 Å². The summed E-state index contributed by atoms with van der Waals surface area (Å²) < 4.78 is 10.6. The second-order valence-electron chi connectivity index (χ2n) is 2.76. The number of rotatable bonds is 4. The third kappa shape index (κ3) is 2.77. The second kappa shape index (κ2) is 5.47. The van der Waals surface area contributed by atoms with E-state index in [0.29, 0.717) is 35.3 Å². The Labute approximate surface area is 94.2 Å². The lowest BCUT2D eigenvalue weighted by atomic mass is 10.2. The molecule has 0 heterocycles. The molecule has 1 aromatic carbocycles. The molecular formula is C11H12ClNO2. The van der Waals surface area contributed by atoms with Gasteiger partial charge in [0.25, 0.3) is 0 Å². The van der Waals surface area contributed by atoms with Gasteiger partial charge in [-0.15, -0.1) is 0 Å².